The fourth-order valence-electron chi connectivity index (χ4n) is 4.33. The molecule has 1 atom stereocenters. The molecule has 0 N–H and O–H groups in total. The van der Waals surface area contributed by atoms with Gasteiger partial charge in [0.1, 0.15) is 0 Å². The number of hydrogen-bond acceptors (Lipinski definition) is 2. The van der Waals surface area contributed by atoms with Crippen LogP contribution in [0.1, 0.15) is 47.8 Å². The van der Waals surface area contributed by atoms with E-state index in [0.717, 1.165) is 30.8 Å². The van der Waals surface area contributed by atoms with E-state index in [1.165, 1.54) is 36.0 Å². The molecular formula is C18H20N2O. The third-order valence-electron chi connectivity index (χ3n) is 5.50. The Labute approximate surface area is 124 Å². The highest BCUT2D eigenvalue weighted by Crippen LogP contribution is 2.43. The summed E-state index contributed by atoms with van der Waals surface area (Å²) in [6, 6.07) is 8.92. The van der Waals surface area contributed by atoms with Gasteiger partial charge in [-0.15, -0.1) is 0 Å². The van der Waals surface area contributed by atoms with Crippen LogP contribution in [0.2, 0.25) is 0 Å². The summed E-state index contributed by atoms with van der Waals surface area (Å²) in [6.45, 7) is 2.40. The van der Waals surface area contributed by atoms with Gasteiger partial charge in [0.25, 0.3) is 0 Å². The van der Waals surface area contributed by atoms with E-state index >= 15 is 0 Å². The summed E-state index contributed by atoms with van der Waals surface area (Å²) >= 11 is 0. The van der Waals surface area contributed by atoms with Crippen molar-refractivity contribution >= 4 is 16.8 Å². The maximum Gasteiger partial charge on any atom is 0.231 e. The number of nitrogens with zero attached hydrogens (tertiary/aromatic N) is 2. The first-order valence-electron chi connectivity index (χ1n) is 8.22. The van der Waals surface area contributed by atoms with E-state index in [4.69, 9.17) is 0 Å². The lowest BCUT2D eigenvalue weighted by Crippen LogP contribution is -2.41. The van der Waals surface area contributed by atoms with Crippen molar-refractivity contribution < 1.29 is 4.79 Å². The van der Waals surface area contributed by atoms with Gasteiger partial charge in [-0.25, -0.2) is 0 Å². The minimum atomic E-state index is 0.289. The highest BCUT2D eigenvalue weighted by Gasteiger charge is 2.39. The average Bonchev–Trinajstić information content (AvgIpc) is 3.25. The van der Waals surface area contributed by atoms with Crippen LogP contribution >= 0.6 is 0 Å². The number of carbonyl (C=O) groups is 1. The number of benzene rings is 1. The second kappa shape index (κ2) is 4.20. The molecule has 108 valence electrons. The number of aromatic nitrogens is 1. The van der Waals surface area contributed by atoms with E-state index in [1.54, 1.807) is 0 Å². The summed E-state index contributed by atoms with van der Waals surface area (Å²) in [5.74, 6) is 1.21. The topological polar surface area (TPSA) is 25.2 Å². The first-order chi connectivity index (χ1) is 10.3. The average molecular weight is 280 g/mol. The quantitative estimate of drug-likeness (QED) is 0.842. The summed E-state index contributed by atoms with van der Waals surface area (Å²) in [5.41, 5.74) is 3.89. The van der Waals surface area contributed by atoms with Crippen molar-refractivity contribution in [2.24, 2.45) is 5.92 Å². The van der Waals surface area contributed by atoms with Crippen molar-refractivity contribution in [2.45, 2.75) is 38.1 Å². The molecular weight excluding hydrogens is 260 g/mol. The zero-order valence-electron chi connectivity index (χ0n) is 12.2. The Kier molecular flexibility index (Phi) is 2.40. The lowest BCUT2D eigenvalue weighted by atomic mass is 9.92. The molecule has 2 aliphatic heterocycles. The third kappa shape index (κ3) is 1.67. The lowest BCUT2D eigenvalue weighted by Gasteiger charge is -2.39. The molecule has 1 aromatic carbocycles. The van der Waals surface area contributed by atoms with Crippen LogP contribution in [-0.2, 0) is 6.42 Å². The number of fused-ring (bicyclic) bond motifs is 3. The van der Waals surface area contributed by atoms with Crippen molar-refractivity contribution in [3.05, 3.63) is 35.5 Å². The van der Waals surface area contributed by atoms with Crippen LogP contribution in [0.3, 0.4) is 0 Å². The Bertz CT molecular complexity index is 741. The van der Waals surface area contributed by atoms with Gasteiger partial charge in [0.15, 0.2) is 0 Å². The molecule has 0 spiro atoms. The smallest absolute Gasteiger partial charge is 0.231 e. The molecule has 2 aromatic rings. The predicted molar refractivity (Wildman–Crippen MR) is 82.5 cm³/mol. The molecule has 1 fully saturated rings. The molecule has 5 rings (SSSR count). The highest BCUT2D eigenvalue weighted by atomic mass is 16.2. The summed E-state index contributed by atoms with van der Waals surface area (Å²) in [7, 11) is 0. The molecule has 21 heavy (non-hydrogen) atoms. The van der Waals surface area contributed by atoms with Gasteiger partial charge in [0, 0.05) is 30.6 Å². The zero-order valence-corrected chi connectivity index (χ0v) is 12.2. The summed E-state index contributed by atoms with van der Waals surface area (Å²) in [6.07, 6.45) is 5.60. The largest absolute Gasteiger partial charge is 0.294 e. The fourth-order valence-corrected chi connectivity index (χ4v) is 4.33. The van der Waals surface area contributed by atoms with Crippen LogP contribution in [0.15, 0.2) is 24.3 Å². The maximum atomic E-state index is 12.5. The minimum absolute atomic E-state index is 0.289. The second-order valence-corrected chi connectivity index (χ2v) is 6.85. The standard InChI is InChI=1S/C18H20N2O/c21-17-8-7-16-18-14(9-10-19(16)11-12-5-6-12)13-3-1-2-4-15(13)20(17)18/h1-4,12,16H,5-11H2. The zero-order chi connectivity index (χ0) is 14.0. The fraction of sp³-hybridized carbons (Fsp3) is 0.500. The molecule has 1 unspecified atom stereocenters. The van der Waals surface area contributed by atoms with E-state index in [1.807, 2.05) is 4.57 Å². The Balaban J connectivity index is 1.71. The summed E-state index contributed by atoms with van der Waals surface area (Å²) in [5, 5.41) is 1.30. The molecule has 0 bridgehead atoms. The van der Waals surface area contributed by atoms with Crippen LogP contribution in [0.25, 0.3) is 10.9 Å². The summed E-state index contributed by atoms with van der Waals surface area (Å²) < 4.78 is 2.04. The SMILES string of the molecule is O=C1CCC2c3c(c4ccccc4n31)CCN2CC1CC1. The van der Waals surface area contributed by atoms with E-state index in [-0.39, 0.29) is 5.91 Å². The molecule has 3 heteroatoms. The number of rotatable bonds is 2. The van der Waals surface area contributed by atoms with Crippen molar-refractivity contribution in [3.8, 4) is 0 Å². The third-order valence-corrected chi connectivity index (χ3v) is 5.50. The Morgan fingerprint density at radius 2 is 1.95 bits per heavy atom. The number of para-hydroxylation sites is 1. The van der Waals surface area contributed by atoms with Gasteiger partial charge in [-0.05, 0) is 43.2 Å². The normalized spacial score (nSPS) is 25.3. The monoisotopic (exact) mass is 280 g/mol. The minimum Gasteiger partial charge on any atom is -0.294 e. The first kappa shape index (κ1) is 12.0. The molecule has 3 nitrogen and oxygen atoms in total. The molecule has 3 aliphatic rings. The Morgan fingerprint density at radius 3 is 2.81 bits per heavy atom. The van der Waals surface area contributed by atoms with Gasteiger partial charge < -0.3 is 0 Å². The van der Waals surface area contributed by atoms with Gasteiger partial charge in [0.2, 0.25) is 5.91 Å². The number of carbonyl (C=O) groups excluding carboxylic acids is 1. The van der Waals surface area contributed by atoms with Gasteiger partial charge in [-0.3, -0.25) is 14.3 Å². The van der Waals surface area contributed by atoms with Crippen molar-refractivity contribution in [1.82, 2.24) is 9.47 Å². The van der Waals surface area contributed by atoms with Crippen LogP contribution in [0.4, 0.5) is 0 Å². The van der Waals surface area contributed by atoms with Gasteiger partial charge in [-0.1, -0.05) is 18.2 Å². The molecule has 1 saturated carbocycles. The van der Waals surface area contributed by atoms with E-state index in [2.05, 4.69) is 29.2 Å². The van der Waals surface area contributed by atoms with Crippen molar-refractivity contribution in [1.29, 1.82) is 0 Å². The maximum absolute atomic E-state index is 12.5. The van der Waals surface area contributed by atoms with Crippen LogP contribution in [0, 0.1) is 5.92 Å². The summed E-state index contributed by atoms with van der Waals surface area (Å²) in [4.78, 5) is 15.1. The van der Waals surface area contributed by atoms with Crippen LogP contribution in [-0.4, -0.2) is 28.5 Å². The van der Waals surface area contributed by atoms with Gasteiger partial charge in [0.05, 0.1) is 11.6 Å². The lowest BCUT2D eigenvalue weighted by molar-refractivity contribution is 0.0806. The van der Waals surface area contributed by atoms with E-state index in [0.29, 0.717) is 12.5 Å². The van der Waals surface area contributed by atoms with Crippen molar-refractivity contribution in [3.63, 3.8) is 0 Å². The highest BCUT2D eigenvalue weighted by molar-refractivity contribution is 5.97. The molecule has 1 aliphatic carbocycles. The van der Waals surface area contributed by atoms with Crippen LogP contribution in [0.5, 0.6) is 0 Å². The number of hydrogen-bond donors (Lipinski definition) is 0. The first-order valence-corrected chi connectivity index (χ1v) is 8.22. The second-order valence-electron chi connectivity index (χ2n) is 6.85. The predicted octanol–water partition coefficient (Wildman–Crippen LogP) is 3.38. The van der Waals surface area contributed by atoms with Gasteiger partial charge in [-0.2, -0.15) is 0 Å². The van der Waals surface area contributed by atoms with E-state index in [9.17, 15) is 4.79 Å². The van der Waals surface area contributed by atoms with Gasteiger partial charge >= 0.3 is 0 Å². The molecule has 3 heterocycles. The molecule has 0 saturated heterocycles. The molecule has 1 aromatic heterocycles. The van der Waals surface area contributed by atoms with Crippen molar-refractivity contribution in [2.75, 3.05) is 13.1 Å². The Hall–Kier alpha value is -1.61. The Morgan fingerprint density at radius 1 is 1.10 bits per heavy atom. The van der Waals surface area contributed by atoms with E-state index < -0.39 is 0 Å². The molecule has 0 radical (unpaired) electrons. The molecule has 0 amide bonds. The van der Waals surface area contributed by atoms with Crippen LogP contribution < -0.4 is 0 Å².